The Labute approximate surface area is 176 Å². The summed E-state index contributed by atoms with van der Waals surface area (Å²) in [6.45, 7) is 2.27. The van der Waals surface area contributed by atoms with E-state index in [2.05, 4.69) is 5.32 Å². The van der Waals surface area contributed by atoms with Gasteiger partial charge in [0.1, 0.15) is 0 Å². The summed E-state index contributed by atoms with van der Waals surface area (Å²) in [6, 6.07) is 13.3. The molecule has 0 atom stereocenters. The van der Waals surface area contributed by atoms with E-state index >= 15 is 0 Å². The van der Waals surface area contributed by atoms with E-state index in [-0.39, 0.29) is 47.9 Å². The number of rotatable bonds is 9. The zero-order valence-electron chi connectivity index (χ0n) is 16.8. The van der Waals surface area contributed by atoms with E-state index in [1.165, 1.54) is 4.90 Å². The first-order valence-corrected chi connectivity index (χ1v) is 11.5. The molecule has 2 aromatic carbocycles. The number of carbonyl (C=O) groups excluding carboxylic acids is 3. The van der Waals surface area contributed by atoms with Gasteiger partial charge in [0.2, 0.25) is 5.91 Å². The third-order valence-corrected chi connectivity index (χ3v) is 6.74. The van der Waals surface area contributed by atoms with Gasteiger partial charge in [-0.1, -0.05) is 29.8 Å². The number of carbonyl (C=O) groups is 3. The van der Waals surface area contributed by atoms with E-state index in [4.69, 9.17) is 0 Å². The van der Waals surface area contributed by atoms with Crippen LogP contribution >= 0.6 is 0 Å². The van der Waals surface area contributed by atoms with Crippen LogP contribution in [0.5, 0.6) is 0 Å². The van der Waals surface area contributed by atoms with Crippen LogP contribution < -0.4 is 5.32 Å². The van der Waals surface area contributed by atoms with Crippen molar-refractivity contribution in [3.63, 3.8) is 0 Å². The summed E-state index contributed by atoms with van der Waals surface area (Å²) in [4.78, 5) is 38.2. The van der Waals surface area contributed by atoms with Gasteiger partial charge in [-0.05, 0) is 44.0 Å². The number of nitrogens with one attached hydrogen (secondary N) is 1. The highest BCUT2D eigenvalue weighted by Gasteiger charge is 2.34. The summed E-state index contributed by atoms with van der Waals surface area (Å²) in [5.74, 6) is -0.947. The summed E-state index contributed by atoms with van der Waals surface area (Å²) in [5, 5.41) is 2.69. The number of sulfone groups is 1. The average molecular weight is 429 g/mol. The van der Waals surface area contributed by atoms with Crippen LogP contribution in [0.15, 0.2) is 53.4 Å². The van der Waals surface area contributed by atoms with Gasteiger partial charge in [-0.3, -0.25) is 19.3 Å². The van der Waals surface area contributed by atoms with Crippen molar-refractivity contribution in [2.24, 2.45) is 0 Å². The lowest BCUT2D eigenvalue weighted by molar-refractivity contribution is -0.121. The molecule has 8 heteroatoms. The van der Waals surface area contributed by atoms with Gasteiger partial charge in [-0.25, -0.2) is 8.42 Å². The second-order valence-corrected chi connectivity index (χ2v) is 9.36. The van der Waals surface area contributed by atoms with Gasteiger partial charge in [-0.2, -0.15) is 0 Å². The minimum Gasteiger partial charge on any atom is -0.356 e. The van der Waals surface area contributed by atoms with Crippen molar-refractivity contribution in [2.45, 2.75) is 31.1 Å². The van der Waals surface area contributed by atoms with E-state index in [1.54, 1.807) is 48.5 Å². The Morgan fingerprint density at radius 3 is 2.40 bits per heavy atom. The second-order valence-electron chi connectivity index (χ2n) is 7.25. The maximum absolute atomic E-state index is 12.4. The number of fused-ring (bicyclic) bond motifs is 1. The van der Waals surface area contributed by atoms with Gasteiger partial charge < -0.3 is 5.32 Å². The number of aryl methyl sites for hydroxylation is 1. The summed E-state index contributed by atoms with van der Waals surface area (Å²) < 4.78 is 24.4. The van der Waals surface area contributed by atoms with Gasteiger partial charge in [0.05, 0.1) is 21.8 Å². The Morgan fingerprint density at radius 2 is 1.67 bits per heavy atom. The molecule has 158 valence electrons. The van der Waals surface area contributed by atoms with Gasteiger partial charge in [0.25, 0.3) is 11.8 Å². The number of amides is 3. The predicted octanol–water partition coefficient (Wildman–Crippen LogP) is 2.35. The Bertz CT molecular complexity index is 1060. The highest BCUT2D eigenvalue weighted by Crippen LogP contribution is 2.24. The van der Waals surface area contributed by atoms with Crippen molar-refractivity contribution in [2.75, 3.05) is 18.8 Å². The molecular weight excluding hydrogens is 404 g/mol. The molecule has 1 N–H and O–H groups in total. The van der Waals surface area contributed by atoms with Crippen molar-refractivity contribution in [3.05, 3.63) is 65.2 Å². The van der Waals surface area contributed by atoms with Crippen LogP contribution in [0.25, 0.3) is 0 Å². The minimum absolute atomic E-state index is 0.0499. The zero-order chi connectivity index (χ0) is 21.7. The van der Waals surface area contributed by atoms with E-state index in [9.17, 15) is 22.8 Å². The number of hydrogen-bond acceptors (Lipinski definition) is 5. The summed E-state index contributed by atoms with van der Waals surface area (Å²) in [6.07, 6.45) is 0.803. The number of hydrogen-bond donors (Lipinski definition) is 1. The summed E-state index contributed by atoms with van der Waals surface area (Å²) >= 11 is 0. The molecule has 7 nitrogen and oxygen atoms in total. The summed E-state index contributed by atoms with van der Waals surface area (Å²) in [5.41, 5.74) is 1.71. The zero-order valence-corrected chi connectivity index (χ0v) is 17.6. The fourth-order valence-corrected chi connectivity index (χ4v) is 4.66. The van der Waals surface area contributed by atoms with Crippen LogP contribution in [0, 0.1) is 6.92 Å². The lowest BCUT2D eigenvalue weighted by atomic mass is 10.1. The topological polar surface area (TPSA) is 101 Å². The number of benzene rings is 2. The van der Waals surface area contributed by atoms with Crippen LogP contribution in [0.3, 0.4) is 0 Å². The Hall–Kier alpha value is -3.00. The lowest BCUT2D eigenvalue weighted by Gasteiger charge is -2.13. The van der Waals surface area contributed by atoms with Crippen molar-refractivity contribution >= 4 is 27.6 Å². The number of imide groups is 1. The first-order chi connectivity index (χ1) is 14.3. The van der Waals surface area contributed by atoms with Crippen LogP contribution in [-0.2, 0) is 14.6 Å². The third kappa shape index (κ3) is 4.94. The van der Waals surface area contributed by atoms with Crippen molar-refractivity contribution < 1.29 is 22.8 Å². The molecule has 0 radical (unpaired) electrons. The molecule has 0 aliphatic carbocycles. The number of nitrogens with zero attached hydrogens (tertiary/aromatic N) is 1. The van der Waals surface area contributed by atoms with Crippen molar-refractivity contribution in [1.29, 1.82) is 0 Å². The molecule has 3 amide bonds. The second kappa shape index (κ2) is 9.21. The molecular formula is C22H24N2O5S. The molecule has 0 saturated heterocycles. The van der Waals surface area contributed by atoms with Crippen LogP contribution in [0.4, 0.5) is 0 Å². The molecule has 0 fully saturated rings. The van der Waals surface area contributed by atoms with Crippen molar-refractivity contribution in [3.8, 4) is 0 Å². The Morgan fingerprint density at radius 1 is 0.967 bits per heavy atom. The first kappa shape index (κ1) is 21.7. The van der Waals surface area contributed by atoms with E-state index in [1.807, 2.05) is 6.92 Å². The molecule has 3 rings (SSSR count). The molecule has 1 heterocycles. The fraction of sp³-hybridized carbons (Fsp3) is 0.318. The molecule has 0 unspecified atom stereocenters. The highest BCUT2D eigenvalue weighted by molar-refractivity contribution is 7.91. The lowest BCUT2D eigenvalue weighted by Crippen LogP contribution is -2.32. The largest absolute Gasteiger partial charge is 0.356 e. The average Bonchev–Trinajstić information content (AvgIpc) is 2.96. The van der Waals surface area contributed by atoms with Gasteiger partial charge in [0.15, 0.2) is 9.84 Å². The van der Waals surface area contributed by atoms with Gasteiger partial charge in [0, 0.05) is 19.5 Å². The predicted molar refractivity (Wildman–Crippen MR) is 112 cm³/mol. The van der Waals surface area contributed by atoms with Crippen LogP contribution in [0.1, 0.15) is 45.5 Å². The normalized spacial score (nSPS) is 13.4. The maximum atomic E-state index is 12.4. The third-order valence-electron chi connectivity index (χ3n) is 4.93. The van der Waals surface area contributed by atoms with Crippen LogP contribution in [-0.4, -0.2) is 49.9 Å². The SMILES string of the molecule is Cc1ccc2c(c1)C(=O)N(CCCC(=O)NCCCS(=O)(=O)c1ccccc1)C2=O. The highest BCUT2D eigenvalue weighted by atomic mass is 32.2. The van der Waals surface area contributed by atoms with Gasteiger partial charge in [-0.15, -0.1) is 0 Å². The standard InChI is InChI=1S/C22H24N2O5S/c1-16-10-11-18-19(15-16)22(27)24(21(18)26)13-5-9-20(25)23-12-6-14-30(28,29)17-7-3-2-4-8-17/h2-4,7-8,10-11,15H,5-6,9,12-14H2,1H3,(H,23,25). The Balaban J connectivity index is 1.39. The first-order valence-electron chi connectivity index (χ1n) is 9.81. The smallest absolute Gasteiger partial charge is 0.261 e. The van der Waals surface area contributed by atoms with E-state index in [0.717, 1.165) is 5.56 Å². The molecule has 0 spiro atoms. The monoisotopic (exact) mass is 428 g/mol. The van der Waals surface area contributed by atoms with E-state index < -0.39 is 9.84 Å². The van der Waals surface area contributed by atoms with Crippen molar-refractivity contribution in [1.82, 2.24) is 10.2 Å². The minimum atomic E-state index is -3.36. The molecule has 2 aromatic rings. The molecule has 1 aliphatic rings. The van der Waals surface area contributed by atoms with E-state index in [0.29, 0.717) is 24.0 Å². The summed E-state index contributed by atoms with van der Waals surface area (Å²) in [7, 11) is -3.36. The molecule has 1 aliphatic heterocycles. The molecule has 0 saturated carbocycles. The van der Waals surface area contributed by atoms with Crippen LogP contribution in [0.2, 0.25) is 0 Å². The molecule has 30 heavy (non-hydrogen) atoms. The molecule has 0 aromatic heterocycles. The quantitative estimate of drug-likeness (QED) is 0.488. The Kier molecular flexibility index (Phi) is 6.66. The fourth-order valence-electron chi connectivity index (χ4n) is 3.33. The maximum Gasteiger partial charge on any atom is 0.261 e. The van der Waals surface area contributed by atoms with Gasteiger partial charge >= 0.3 is 0 Å². The molecule has 0 bridgehead atoms.